The molecule has 0 spiro atoms. The van der Waals surface area contributed by atoms with E-state index in [1.165, 1.54) is 12.8 Å². The van der Waals surface area contributed by atoms with E-state index in [0.717, 1.165) is 32.6 Å². The predicted molar refractivity (Wildman–Crippen MR) is 73.4 cm³/mol. The van der Waals surface area contributed by atoms with Crippen molar-refractivity contribution in [3.05, 3.63) is 34.7 Å². The van der Waals surface area contributed by atoms with Crippen LogP contribution in [0.2, 0.25) is 0 Å². The second-order valence-corrected chi connectivity index (χ2v) is 5.63. The Morgan fingerprint density at radius 2 is 2.17 bits per heavy atom. The van der Waals surface area contributed by atoms with Crippen molar-refractivity contribution < 1.29 is 0 Å². The molecule has 1 aliphatic carbocycles. The third-order valence-electron chi connectivity index (χ3n) is 3.35. The van der Waals surface area contributed by atoms with Gasteiger partial charge in [0.05, 0.1) is 0 Å². The number of aromatic nitrogens is 4. The summed E-state index contributed by atoms with van der Waals surface area (Å²) in [5, 5.41) is 8.52. The lowest BCUT2D eigenvalue weighted by Gasteiger charge is -1.94. The van der Waals surface area contributed by atoms with Crippen LogP contribution in [0.25, 0.3) is 22.3 Å². The van der Waals surface area contributed by atoms with Gasteiger partial charge in [-0.25, -0.2) is 4.98 Å². The first-order chi connectivity index (χ1) is 8.81. The highest BCUT2D eigenvalue weighted by molar-refractivity contribution is 9.10. The van der Waals surface area contributed by atoms with Gasteiger partial charge >= 0.3 is 0 Å². The Bertz CT molecular complexity index is 724. The van der Waals surface area contributed by atoms with Crippen molar-refractivity contribution in [3.8, 4) is 11.4 Å². The minimum absolute atomic E-state index is 0.600. The van der Waals surface area contributed by atoms with Gasteiger partial charge in [0.25, 0.3) is 0 Å². The summed E-state index contributed by atoms with van der Waals surface area (Å²) in [6.07, 6.45) is 4.43. The van der Waals surface area contributed by atoms with E-state index < -0.39 is 0 Å². The van der Waals surface area contributed by atoms with Crippen LogP contribution in [0.5, 0.6) is 0 Å². The monoisotopic (exact) mass is 302 g/mol. The third kappa shape index (κ3) is 1.58. The molecule has 4 rings (SSSR count). The van der Waals surface area contributed by atoms with Crippen molar-refractivity contribution in [1.29, 1.82) is 0 Å². The first kappa shape index (κ1) is 10.3. The summed E-state index contributed by atoms with van der Waals surface area (Å²) < 4.78 is 1.06. The smallest absolute Gasteiger partial charge is 0.183 e. The highest BCUT2D eigenvalue weighted by Gasteiger charge is 2.27. The van der Waals surface area contributed by atoms with Gasteiger partial charge in [-0.3, -0.25) is 5.10 Å². The van der Waals surface area contributed by atoms with E-state index in [1.54, 1.807) is 0 Å². The molecule has 0 radical (unpaired) electrons. The Kier molecular flexibility index (Phi) is 2.11. The fourth-order valence-electron chi connectivity index (χ4n) is 2.21. The van der Waals surface area contributed by atoms with Gasteiger partial charge in [0.15, 0.2) is 5.82 Å². The lowest BCUT2D eigenvalue weighted by molar-refractivity contribution is 0.935. The van der Waals surface area contributed by atoms with Crippen LogP contribution in [0.4, 0.5) is 0 Å². The molecule has 3 aromatic rings. The lowest BCUT2D eigenvalue weighted by atomic mass is 10.2. The van der Waals surface area contributed by atoms with Crippen LogP contribution in [0.3, 0.4) is 0 Å². The van der Waals surface area contributed by atoms with Gasteiger partial charge in [0.1, 0.15) is 5.82 Å². The van der Waals surface area contributed by atoms with Gasteiger partial charge in [0, 0.05) is 33.1 Å². The van der Waals surface area contributed by atoms with Crippen molar-refractivity contribution in [2.75, 3.05) is 0 Å². The SMILES string of the molecule is Brc1ccc2[nH]cc(-c3n[nH]c(C4CC4)n3)c2c1. The lowest BCUT2D eigenvalue weighted by Crippen LogP contribution is -1.81. The zero-order valence-corrected chi connectivity index (χ0v) is 11.2. The summed E-state index contributed by atoms with van der Waals surface area (Å²) in [6.45, 7) is 0. The number of fused-ring (bicyclic) bond motifs is 1. The Morgan fingerprint density at radius 3 is 3.00 bits per heavy atom. The average molecular weight is 303 g/mol. The highest BCUT2D eigenvalue weighted by atomic mass is 79.9. The number of benzene rings is 1. The van der Waals surface area contributed by atoms with Crippen molar-refractivity contribution in [3.63, 3.8) is 0 Å². The van der Waals surface area contributed by atoms with Gasteiger partial charge < -0.3 is 4.98 Å². The van der Waals surface area contributed by atoms with Gasteiger partial charge in [-0.05, 0) is 31.0 Å². The van der Waals surface area contributed by atoms with Crippen LogP contribution in [0.1, 0.15) is 24.6 Å². The normalized spacial score (nSPS) is 15.4. The number of aromatic amines is 2. The molecule has 0 amide bonds. The molecular formula is C13H11BrN4. The average Bonchev–Trinajstić information content (AvgIpc) is 2.96. The van der Waals surface area contributed by atoms with Gasteiger partial charge in [-0.1, -0.05) is 15.9 Å². The number of hydrogen-bond acceptors (Lipinski definition) is 2. The van der Waals surface area contributed by atoms with E-state index in [9.17, 15) is 0 Å². The van der Waals surface area contributed by atoms with Gasteiger partial charge in [-0.2, -0.15) is 5.10 Å². The molecule has 4 nitrogen and oxygen atoms in total. The van der Waals surface area contributed by atoms with Crippen LogP contribution in [0, 0.1) is 0 Å². The zero-order valence-electron chi connectivity index (χ0n) is 9.57. The third-order valence-corrected chi connectivity index (χ3v) is 3.84. The largest absolute Gasteiger partial charge is 0.360 e. The number of nitrogens with one attached hydrogen (secondary N) is 2. The van der Waals surface area contributed by atoms with Crippen LogP contribution in [0.15, 0.2) is 28.9 Å². The minimum atomic E-state index is 0.600. The topological polar surface area (TPSA) is 57.4 Å². The summed E-state index contributed by atoms with van der Waals surface area (Å²) in [5.41, 5.74) is 2.15. The highest BCUT2D eigenvalue weighted by Crippen LogP contribution is 2.39. The van der Waals surface area contributed by atoms with Crippen molar-refractivity contribution in [1.82, 2.24) is 20.2 Å². The summed E-state index contributed by atoms with van der Waals surface area (Å²) in [6, 6.07) is 6.17. The van der Waals surface area contributed by atoms with E-state index in [1.807, 2.05) is 12.3 Å². The fourth-order valence-corrected chi connectivity index (χ4v) is 2.57. The second kappa shape index (κ2) is 3.68. The van der Waals surface area contributed by atoms with Crippen molar-refractivity contribution in [2.24, 2.45) is 0 Å². The van der Waals surface area contributed by atoms with E-state index >= 15 is 0 Å². The van der Waals surface area contributed by atoms with E-state index in [-0.39, 0.29) is 0 Å². The Morgan fingerprint density at radius 1 is 1.28 bits per heavy atom. The first-order valence-corrected chi connectivity index (χ1v) is 6.80. The summed E-state index contributed by atoms with van der Waals surface area (Å²) in [4.78, 5) is 7.85. The van der Waals surface area contributed by atoms with Gasteiger partial charge in [-0.15, -0.1) is 0 Å². The molecule has 1 saturated carbocycles. The van der Waals surface area contributed by atoms with Crippen LogP contribution < -0.4 is 0 Å². The van der Waals surface area contributed by atoms with E-state index in [4.69, 9.17) is 0 Å². The molecule has 0 unspecified atom stereocenters. The molecule has 0 atom stereocenters. The first-order valence-electron chi connectivity index (χ1n) is 6.00. The molecule has 2 heterocycles. The second-order valence-electron chi connectivity index (χ2n) is 4.71. The molecular weight excluding hydrogens is 292 g/mol. The zero-order chi connectivity index (χ0) is 12.1. The number of nitrogens with zero attached hydrogens (tertiary/aromatic N) is 2. The van der Waals surface area contributed by atoms with Crippen molar-refractivity contribution in [2.45, 2.75) is 18.8 Å². The molecule has 2 aromatic heterocycles. The van der Waals surface area contributed by atoms with Crippen LogP contribution in [-0.4, -0.2) is 20.2 Å². The molecule has 1 fully saturated rings. The predicted octanol–water partition coefficient (Wildman–Crippen LogP) is 3.59. The maximum absolute atomic E-state index is 4.59. The van der Waals surface area contributed by atoms with Crippen LogP contribution in [-0.2, 0) is 0 Å². The summed E-state index contributed by atoms with van der Waals surface area (Å²) in [7, 11) is 0. The molecule has 5 heteroatoms. The number of H-pyrrole nitrogens is 2. The summed E-state index contributed by atoms with van der Waals surface area (Å²) >= 11 is 3.50. The molecule has 1 aliphatic rings. The van der Waals surface area contributed by atoms with Crippen molar-refractivity contribution >= 4 is 26.8 Å². The van der Waals surface area contributed by atoms with Gasteiger partial charge in [0.2, 0.25) is 0 Å². The Labute approximate surface area is 112 Å². The molecule has 90 valence electrons. The van der Waals surface area contributed by atoms with E-state index in [2.05, 4.69) is 48.2 Å². The standard InChI is InChI=1S/C13H11BrN4/c14-8-3-4-11-9(5-8)10(6-15-11)13-16-12(17-18-13)7-1-2-7/h3-7,15H,1-2H2,(H,16,17,18). The quantitative estimate of drug-likeness (QED) is 0.760. The molecule has 0 bridgehead atoms. The number of rotatable bonds is 2. The minimum Gasteiger partial charge on any atom is -0.360 e. The maximum Gasteiger partial charge on any atom is 0.183 e. The molecule has 0 aliphatic heterocycles. The van der Waals surface area contributed by atoms with E-state index in [0.29, 0.717) is 5.92 Å². The number of halogens is 1. The molecule has 1 aromatic carbocycles. The molecule has 2 N–H and O–H groups in total. The maximum atomic E-state index is 4.59. The summed E-state index contributed by atoms with van der Waals surface area (Å²) in [5.74, 6) is 2.40. The fraction of sp³-hybridized carbons (Fsp3) is 0.231. The Balaban J connectivity index is 1.86. The Hall–Kier alpha value is -1.62. The molecule has 18 heavy (non-hydrogen) atoms. The van der Waals surface area contributed by atoms with Crippen LogP contribution >= 0.6 is 15.9 Å². The molecule has 0 saturated heterocycles. The number of hydrogen-bond donors (Lipinski definition) is 2.